The molecular weight excluding hydrogens is 231 g/mol. The van der Waals surface area contributed by atoms with Gasteiger partial charge in [-0.15, -0.1) is 0 Å². The number of hydrogen-bond donors (Lipinski definition) is 1. The highest BCUT2D eigenvalue weighted by atomic mass is 19.1. The lowest BCUT2D eigenvalue weighted by molar-refractivity contribution is 0.115. The largest absolute Gasteiger partial charge is 0.376 e. The van der Waals surface area contributed by atoms with Crippen LogP contribution in [0.5, 0.6) is 0 Å². The van der Waals surface area contributed by atoms with Gasteiger partial charge in [0.25, 0.3) is 0 Å². The summed E-state index contributed by atoms with van der Waals surface area (Å²) in [4.78, 5) is 2.22. The predicted molar refractivity (Wildman–Crippen MR) is 71.2 cm³/mol. The average Bonchev–Trinajstić information content (AvgIpc) is 2.89. The standard InChI is InChI=1S/C14H21FN2O/c1-2-17(10-13-4-3-7-18-13)14-6-5-12(15)8-11(14)9-16/h5-6,8,13H,2-4,7,9-10,16H2,1H3. The van der Waals surface area contributed by atoms with Crippen molar-refractivity contribution >= 4 is 5.69 Å². The summed E-state index contributed by atoms with van der Waals surface area (Å²) in [5.74, 6) is -0.229. The molecule has 0 aliphatic carbocycles. The number of rotatable bonds is 5. The van der Waals surface area contributed by atoms with Crippen LogP contribution in [-0.2, 0) is 11.3 Å². The Bertz CT molecular complexity index is 391. The quantitative estimate of drug-likeness (QED) is 0.873. The molecule has 0 aromatic heterocycles. The van der Waals surface area contributed by atoms with Gasteiger partial charge in [0.1, 0.15) is 5.82 Å². The van der Waals surface area contributed by atoms with Crippen molar-refractivity contribution in [2.45, 2.75) is 32.4 Å². The molecule has 0 saturated carbocycles. The molecule has 0 bridgehead atoms. The zero-order valence-corrected chi connectivity index (χ0v) is 10.9. The van der Waals surface area contributed by atoms with Crippen molar-refractivity contribution in [3.05, 3.63) is 29.6 Å². The van der Waals surface area contributed by atoms with E-state index in [9.17, 15) is 4.39 Å². The Balaban J connectivity index is 2.15. The molecular formula is C14H21FN2O. The number of likely N-dealkylation sites (N-methyl/N-ethyl adjacent to an activating group) is 1. The van der Waals surface area contributed by atoms with Gasteiger partial charge in [-0.25, -0.2) is 4.39 Å². The Morgan fingerprint density at radius 1 is 1.50 bits per heavy atom. The number of nitrogens with two attached hydrogens (primary N) is 1. The highest BCUT2D eigenvalue weighted by Crippen LogP contribution is 2.23. The fraction of sp³-hybridized carbons (Fsp3) is 0.571. The summed E-state index contributed by atoms with van der Waals surface area (Å²) in [5.41, 5.74) is 7.58. The zero-order chi connectivity index (χ0) is 13.0. The molecule has 1 fully saturated rings. The smallest absolute Gasteiger partial charge is 0.123 e. The maximum Gasteiger partial charge on any atom is 0.123 e. The third-order valence-corrected chi connectivity index (χ3v) is 3.43. The van der Waals surface area contributed by atoms with Crippen LogP contribution in [-0.4, -0.2) is 25.8 Å². The van der Waals surface area contributed by atoms with E-state index in [2.05, 4.69) is 11.8 Å². The molecule has 0 radical (unpaired) electrons. The first kappa shape index (κ1) is 13.3. The average molecular weight is 252 g/mol. The lowest BCUT2D eigenvalue weighted by Gasteiger charge is -2.28. The summed E-state index contributed by atoms with van der Waals surface area (Å²) < 4.78 is 18.9. The van der Waals surface area contributed by atoms with Crippen LogP contribution in [0, 0.1) is 5.82 Å². The summed E-state index contributed by atoms with van der Waals surface area (Å²) in [6, 6.07) is 4.83. The van der Waals surface area contributed by atoms with Crippen molar-refractivity contribution in [3.8, 4) is 0 Å². The van der Waals surface area contributed by atoms with Crippen LogP contribution < -0.4 is 10.6 Å². The lowest BCUT2D eigenvalue weighted by atomic mass is 10.1. The number of anilines is 1. The predicted octanol–water partition coefficient (Wildman–Crippen LogP) is 2.29. The van der Waals surface area contributed by atoms with Gasteiger partial charge < -0.3 is 15.4 Å². The second-order valence-electron chi connectivity index (χ2n) is 4.65. The monoisotopic (exact) mass is 252 g/mol. The molecule has 1 aliphatic heterocycles. The molecule has 2 rings (SSSR count). The molecule has 2 N–H and O–H groups in total. The minimum atomic E-state index is -0.229. The van der Waals surface area contributed by atoms with E-state index in [1.54, 1.807) is 0 Å². The van der Waals surface area contributed by atoms with Gasteiger partial charge >= 0.3 is 0 Å². The molecule has 1 heterocycles. The van der Waals surface area contributed by atoms with E-state index < -0.39 is 0 Å². The molecule has 1 aromatic rings. The van der Waals surface area contributed by atoms with Gasteiger partial charge in [0, 0.05) is 31.9 Å². The summed E-state index contributed by atoms with van der Waals surface area (Å²) in [6.45, 7) is 5.04. The van der Waals surface area contributed by atoms with Crippen LogP contribution in [0.2, 0.25) is 0 Å². The van der Waals surface area contributed by atoms with Crippen LogP contribution in [0.4, 0.5) is 10.1 Å². The first-order valence-corrected chi connectivity index (χ1v) is 6.59. The van der Waals surface area contributed by atoms with Gasteiger partial charge in [0.15, 0.2) is 0 Å². The molecule has 0 spiro atoms. The molecule has 100 valence electrons. The Hall–Kier alpha value is -1.13. The van der Waals surface area contributed by atoms with E-state index in [0.717, 1.165) is 43.8 Å². The second kappa shape index (κ2) is 6.16. The normalized spacial score (nSPS) is 19.2. The third kappa shape index (κ3) is 3.00. The lowest BCUT2D eigenvalue weighted by Crippen LogP contribution is -2.33. The fourth-order valence-electron chi connectivity index (χ4n) is 2.46. The summed E-state index contributed by atoms with van der Waals surface area (Å²) in [7, 11) is 0. The maximum atomic E-state index is 13.2. The van der Waals surface area contributed by atoms with Crippen LogP contribution in [0.15, 0.2) is 18.2 Å². The highest BCUT2D eigenvalue weighted by Gasteiger charge is 2.20. The van der Waals surface area contributed by atoms with Gasteiger partial charge in [-0.1, -0.05) is 0 Å². The minimum absolute atomic E-state index is 0.229. The summed E-state index contributed by atoms with van der Waals surface area (Å²) in [6.07, 6.45) is 2.53. The number of halogens is 1. The van der Waals surface area contributed by atoms with Crippen molar-refractivity contribution in [1.29, 1.82) is 0 Å². The molecule has 1 atom stereocenters. The summed E-state index contributed by atoms with van der Waals surface area (Å²) in [5, 5.41) is 0. The first-order valence-electron chi connectivity index (χ1n) is 6.59. The van der Waals surface area contributed by atoms with Gasteiger partial charge in [-0.05, 0) is 43.5 Å². The Kier molecular flexibility index (Phi) is 4.55. The Morgan fingerprint density at radius 3 is 2.94 bits per heavy atom. The van der Waals surface area contributed by atoms with Gasteiger partial charge in [0.2, 0.25) is 0 Å². The van der Waals surface area contributed by atoms with E-state index in [0.29, 0.717) is 12.6 Å². The van der Waals surface area contributed by atoms with Crippen LogP contribution >= 0.6 is 0 Å². The molecule has 0 amide bonds. The zero-order valence-electron chi connectivity index (χ0n) is 10.9. The van der Waals surface area contributed by atoms with Gasteiger partial charge in [-0.3, -0.25) is 0 Å². The minimum Gasteiger partial charge on any atom is -0.376 e. The van der Waals surface area contributed by atoms with Crippen LogP contribution in [0.25, 0.3) is 0 Å². The summed E-state index contributed by atoms with van der Waals surface area (Å²) >= 11 is 0. The van der Waals surface area contributed by atoms with Crippen molar-refractivity contribution in [1.82, 2.24) is 0 Å². The highest BCUT2D eigenvalue weighted by molar-refractivity contribution is 5.54. The van der Waals surface area contributed by atoms with E-state index in [-0.39, 0.29) is 5.82 Å². The molecule has 4 heteroatoms. The van der Waals surface area contributed by atoms with E-state index in [4.69, 9.17) is 10.5 Å². The SMILES string of the molecule is CCN(CC1CCCO1)c1ccc(F)cc1CN. The number of hydrogen-bond acceptors (Lipinski definition) is 3. The van der Waals surface area contributed by atoms with Crippen molar-refractivity contribution < 1.29 is 9.13 Å². The second-order valence-corrected chi connectivity index (χ2v) is 4.65. The first-order chi connectivity index (χ1) is 8.74. The van der Waals surface area contributed by atoms with E-state index in [1.807, 2.05) is 6.07 Å². The van der Waals surface area contributed by atoms with Gasteiger partial charge in [-0.2, -0.15) is 0 Å². The third-order valence-electron chi connectivity index (χ3n) is 3.43. The maximum absolute atomic E-state index is 13.2. The van der Waals surface area contributed by atoms with Crippen molar-refractivity contribution in [2.75, 3.05) is 24.6 Å². The van der Waals surface area contributed by atoms with Gasteiger partial charge in [0.05, 0.1) is 6.10 Å². The fourth-order valence-corrected chi connectivity index (χ4v) is 2.46. The van der Waals surface area contributed by atoms with E-state index in [1.165, 1.54) is 12.1 Å². The number of ether oxygens (including phenoxy) is 1. The molecule has 1 unspecified atom stereocenters. The molecule has 1 aromatic carbocycles. The van der Waals surface area contributed by atoms with E-state index >= 15 is 0 Å². The van der Waals surface area contributed by atoms with Crippen LogP contribution in [0.1, 0.15) is 25.3 Å². The number of benzene rings is 1. The Morgan fingerprint density at radius 2 is 2.33 bits per heavy atom. The number of nitrogens with zero attached hydrogens (tertiary/aromatic N) is 1. The topological polar surface area (TPSA) is 38.5 Å². The van der Waals surface area contributed by atoms with Crippen molar-refractivity contribution in [2.24, 2.45) is 5.73 Å². The molecule has 1 saturated heterocycles. The molecule has 18 heavy (non-hydrogen) atoms. The van der Waals surface area contributed by atoms with Crippen LogP contribution in [0.3, 0.4) is 0 Å². The molecule has 1 aliphatic rings. The molecule has 3 nitrogen and oxygen atoms in total. The Labute approximate surface area is 108 Å². The van der Waals surface area contributed by atoms with Crippen molar-refractivity contribution in [3.63, 3.8) is 0 Å².